The van der Waals surface area contributed by atoms with E-state index in [9.17, 15) is 25.2 Å². The standard InChI is InChI=1S/C25H40O7/c1-24-9-7-14(31-23-22(30)21(29)20(28)18(12-26)32-23)11-13(24)3-4-15-16-5-6-19(27)25(16,2)10-8-17(15)24/h13-18,20-23,26,28-30H,3-12H2,1-2H3/t13-,14-,15-,16-,17-,18+,20+,21-,22+,23+,24-,25-/m0/s1. The van der Waals surface area contributed by atoms with Crippen molar-refractivity contribution < 1.29 is 34.7 Å². The lowest BCUT2D eigenvalue weighted by Gasteiger charge is -2.60. The predicted octanol–water partition coefficient (Wildman–Crippen LogP) is 1.78. The molecule has 0 aromatic heterocycles. The number of aliphatic hydroxyl groups excluding tert-OH is 4. The molecule has 1 aliphatic heterocycles. The van der Waals surface area contributed by atoms with E-state index in [0.717, 1.165) is 51.4 Å². The van der Waals surface area contributed by atoms with E-state index in [4.69, 9.17) is 9.47 Å². The van der Waals surface area contributed by atoms with Crippen molar-refractivity contribution in [3.8, 4) is 0 Å². The van der Waals surface area contributed by atoms with Crippen LogP contribution in [0.4, 0.5) is 0 Å². The van der Waals surface area contributed by atoms with Gasteiger partial charge in [0.2, 0.25) is 0 Å². The molecule has 1 saturated heterocycles. The number of fused-ring (bicyclic) bond motifs is 5. The SMILES string of the molecule is C[C@]12CC[C@H](O[C@@H]3O[C@H](CO)[C@@H](O)[C@H](O)[C@H]3O)C[C@@H]1CC[C@@H]1[C@@H]2CC[C@]2(C)C(=O)CC[C@@H]12. The van der Waals surface area contributed by atoms with Crippen molar-refractivity contribution >= 4 is 5.78 Å². The summed E-state index contributed by atoms with van der Waals surface area (Å²) >= 11 is 0. The molecule has 0 unspecified atom stereocenters. The highest BCUT2D eigenvalue weighted by Crippen LogP contribution is 2.65. The smallest absolute Gasteiger partial charge is 0.186 e. The molecule has 5 aliphatic rings. The quantitative estimate of drug-likeness (QED) is 0.482. The number of carbonyl (C=O) groups excluding carboxylic acids is 1. The highest BCUT2D eigenvalue weighted by atomic mass is 16.7. The van der Waals surface area contributed by atoms with E-state index in [0.29, 0.717) is 29.5 Å². The molecule has 4 N–H and O–H groups in total. The van der Waals surface area contributed by atoms with Gasteiger partial charge in [-0.3, -0.25) is 4.79 Å². The van der Waals surface area contributed by atoms with Gasteiger partial charge in [0.05, 0.1) is 12.7 Å². The van der Waals surface area contributed by atoms with Gasteiger partial charge in [-0.05, 0) is 80.5 Å². The summed E-state index contributed by atoms with van der Waals surface area (Å²) in [6.07, 6.45) is 3.00. The monoisotopic (exact) mass is 452 g/mol. The molecular weight excluding hydrogens is 412 g/mol. The molecule has 5 rings (SSSR count). The molecule has 0 aromatic carbocycles. The third kappa shape index (κ3) is 3.42. The first-order valence-corrected chi connectivity index (χ1v) is 12.7. The third-order valence-corrected chi connectivity index (χ3v) is 10.5. The van der Waals surface area contributed by atoms with Gasteiger partial charge < -0.3 is 29.9 Å². The number of rotatable bonds is 3. The number of ketones is 1. The van der Waals surface area contributed by atoms with Crippen LogP contribution < -0.4 is 0 Å². The average Bonchev–Trinajstić information content (AvgIpc) is 3.09. The average molecular weight is 453 g/mol. The second-order valence-corrected chi connectivity index (χ2v) is 11.8. The van der Waals surface area contributed by atoms with E-state index in [1.165, 1.54) is 6.42 Å². The van der Waals surface area contributed by atoms with E-state index < -0.39 is 37.3 Å². The largest absolute Gasteiger partial charge is 0.394 e. The van der Waals surface area contributed by atoms with E-state index in [1.54, 1.807) is 0 Å². The van der Waals surface area contributed by atoms with Gasteiger partial charge in [-0.2, -0.15) is 0 Å². The van der Waals surface area contributed by atoms with Crippen molar-refractivity contribution in [3.05, 3.63) is 0 Å². The molecule has 0 radical (unpaired) electrons. The number of carbonyl (C=O) groups is 1. The number of aliphatic hydroxyl groups is 4. The summed E-state index contributed by atoms with van der Waals surface area (Å²) in [5.41, 5.74) is 0.166. The first-order valence-electron chi connectivity index (χ1n) is 12.7. The summed E-state index contributed by atoms with van der Waals surface area (Å²) in [6.45, 7) is 4.24. The summed E-state index contributed by atoms with van der Waals surface area (Å²) < 4.78 is 11.7. The van der Waals surface area contributed by atoms with Crippen LogP contribution in [0.5, 0.6) is 0 Å². The Morgan fingerprint density at radius 2 is 1.75 bits per heavy atom. The molecule has 0 bridgehead atoms. The molecule has 4 aliphatic carbocycles. The van der Waals surface area contributed by atoms with Crippen molar-refractivity contribution in [1.29, 1.82) is 0 Å². The van der Waals surface area contributed by atoms with Gasteiger partial charge in [0.15, 0.2) is 6.29 Å². The summed E-state index contributed by atoms with van der Waals surface area (Å²) in [7, 11) is 0. The van der Waals surface area contributed by atoms with Gasteiger partial charge in [0.25, 0.3) is 0 Å². The zero-order valence-corrected chi connectivity index (χ0v) is 19.4. The lowest BCUT2D eigenvalue weighted by molar-refractivity contribution is -0.316. The van der Waals surface area contributed by atoms with Crippen LogP contribution >= 0.6 is 0 Å². The maximum absolute atomic E-state index is 12.6. The molecule has 0 aromatic rings. The molecule has 182 valence electrons. The molecule has 0 amide bonds. The van der Waals surface area contributed by atoms with Gasteiger partial charge >= 0.3 is 0 Å². The van der Waals surface area contributed by atoms with Crippen molar-refractivity contribution in [1.82, 2.24) is 0 Å². The highest BCUT2D eigenvalue weighted by Gasteiger charge is 2.60. The Kier molecular flexibility index (Phi) is 6.00. The van der Waals surface area contributed by atoms with Crippen LogP contribution in [-0.2, 0) is 14.3 Å². The van der Waals surface area contributed by atoms with Gasteiger partial charge in [-0.15, -0.1) is 0 Å². The van der Waals surface area contributed by atoms with Crippen LogP contribution in [0.3, 0.4) is 0 Å². The zero-order valence-electron chi connectivity index (χ0n) is 19.4. The van der Waals surface area contributed by atoms with Crippen molar-refractivity contribution in [2.45, 2.75) is 108 Å². The van der Waals surface area contributed by atoms with E-state index >= 15 is 0 Å². The van der Waals surface area contributed by atoms with Crippen molar-refractivity contribution in [2.24, 2.45) is 34.5 Å². The summed E-state index contributed by atoms with van der Waals surface area (Å²) in [6, 6.07) is 0. The van der Waals surface area contributed by atoms with Crippen LogP contribution in [-0.4, -0.2) is 69.6 Å². The second kappa shape index (κ2) is 8.28. The minimum Gasteiger partial charge on any atom is -0.394 e. The van der Waals surface area contributed by atoms with Crippen LogP contribution in [0.1, 0.15) is 71.6 Å². The molecule has 4 saturated carbocycles. The van der Waals surface area contributed by atoms with E-state index in [2.05, 4.69) is 13.8 Å². The lowest BCUT2D eigenvalue weighted by atomic mass is 9.45. The van der Waals surface area contributed by atoms with E-state index in [-0.39, 0.29) is 16.9 Å². The Labute approximate surface area is 190 Å². The zero-order chi connectivity index (χ0) is 22.8. The normalized spacial score (nSPS) is 55.8. The van der Waals surface area contributed by atoms with Crippen molar-refractivity contribution in [2.75, 3.05) is 6.61 Å². The van der Waals surface area contributed by atoms with Gasteiger partial charge in [-0.1, -0.05) is 13.8 Å². The minimum absolute atomic E-state index is 0.0759. The predicted molar refractivity (Wildman–Crippen MR) is 115 cm³/mol. The Hall–Kier alpha value is -0.570. The fourth-order valence-electron chi connectivity index (χ4n) is 8.48. The number of ether oxygens (including phenoxy) is 2. The van der Waals surface area contributed by atoms with Crippen LogP contribution in [0.25, 0.3) is 0 Å². The molecule has 0 spiro atoms. The molecule has 12 atom stereocenters. The Morgan fingerprint density at radius 1 is 0.969 bits per heavy atom. The fraction of sp³-hybridized carbons (Fsp3) is 0.960. The summed E-state index contributed by atoms with van der Waals surface area (Å²) in [5, 5.41) is 39.9. The molecule has 7 nitrogen and oxygen atoms in total. The Balaban J connectivity index is 1.26. The maximum Gasteiger partial charge on any atom is 0.186 e. The molecule has 32 heavy (non-hydrogen) atoms. The maximum atomic E-state index is 12.6. The van der Waals surface area contributed by atoms with Gasteiger partial charge in [0, 0.05) is 11.8 Å². The van der Waals surface area contributed by atoms with Gasteiger partial charge in [-0.25, -0.2) is 0 Å². The lowest BCUT2D eigenvalue weighted by Crippen LogP contribution is -2.60. The molecule has 1 heterocycles. The topological polar surface area (TPSA) is 116 Å². The van der Waals surface area contributed by atoms with Crippen LogP contribution in [0.15, 0.2) is 0 Å². The molecular formula is C25H40O7. The fourth-order valence-corrected chi connectivity index (χ4v) is 8.48. The minimum atomic E-state index is -1.40. The first kappa shape index (κ1) is 23.2. The van der Waals surface area contributed by atoms with Crippen molar-refractivity contribution in [3.63, 3.8) is 0 Å². The molecule has 5 fully saturated rings. The second-order valence-electron chi connectivity index (χ2n) is 11.8. The van der Waals surface area contributed by atoms with E-state index in [1.807, 2.05) is 0 Å². The Bertz CT molecular complexity index is 727. The van der Waals surface area contributed by atoms with Crippen LogP contribution in [0.2, 0.25) is 0 Å². The third-order valence-electron chi connectivity index (χ3n) is 10.5. The number of hydrogen-bond donors (Lipinski definition) is 4. The number of hydrogen-bond acceptors (Lipinski definition) is 7. The van der Waals surface area contributed by atoms with Crippen LogP contribution in [0, 0.1) is 34.5 Å². The summed E-state index contributed by atoms with van der Waals surface area (Å²) in [5.74, 6) is 2.90. The number of Topliss-reactive ketones (excluding diaryl/α,β-unsaturated/α-hetero) is 1. The van der Waals surface area contributed by atoms with Gasteiger partial charge in [0.1, 0.15) is 30.2 Å². The Morgan fingerprint density at radius 3 is 2.50 bits per heavy atom. The highest BCUT2D eigenvalue weighted by molar-refractivity contribution is 5.87. The summed E-state index contributed by atoms with van der Waals surface area (Å²) in [4.78, 5) is 12.6. The first-order chi connectivity index (χ1) is 15.2. The molecule has 7 heteroatoms.